The van der Waals surface area contributed by atoms with Crippen molar-refractivity contribution in [2.75, 3.05) is 6.07 Å². The van der Waals surface area contributed by atoms with Crippen molar-refractivity contribution in [2.45, 2.75) is 46.3 Å². The average molecular weight is 367 g/mol. The lowest BCUT2D eigenvalue weighted by atomic mass is 9.80. The zero-order valence-corrected chi connectivity index (χ0v) is 15.8. The fourth-order valence-corrected chi connectivity index (χ4v) is 2.31. The van der Waals surface area contributed by atoms with Crippen LogP contribution in [0.2, 0.25) is 0 Å². The van der Waals surface area contributed by atoms with Crippen molar-refractivity contribution in [3.63, 3.8) is 0 Å². The Bertz CT molecular complexity index is 657. The molecule has 6 nitrogen and oxygen atoms in total. The average Bonchev–Trinajstić information content (AvgIpc) is 2.51. The zero-order valence-electron chi connectivity index (χ0n) is 15.1. The number of alkyl halides is 1. The van der Waals surface area contributed by atoms with Crippen LogP contribution in [0.4, 0.5) is 4.79 Å². The Morgan fingerprint density at radius 2 is 1.76 bits per heavy atom. The molecule has 1 unspecified atom stereocenters. The number of esters is 1. The van der Waals surface area contributed by atoms with Crippen LogP contribution in [0.15, 0.2) is 24.3 Å². The van der Waals surface area contributed by atoms with Gasteiger partial charge in [-0.3, -0.25) is 4.79 Å². The number of hydrogen-bond acceptors (Lipinski definition) is 5. The monoisotopic (exact) mass is 366 g/mol. The molecule has 136 valence electrons. The van der Waals surface area contributed by atoms with Crippen molar-refractivity contribution in [1.29, 1.82) is 5.26 Å². The van der Waals surface area contributed by atoms with Gasteiger partial charge in [0.25, 0.3) is 0 Å². The van der Waals surface area contributed by atoms with Gasteiger partial charge in [-0.2, -0.15) is 5.26 Å². The number of alkyl carbamates (subject to hydrolysis) is 1. The first kappa shape index (κ1) is 20.8. The minimum absolute atomic E-state index is 0.283. The summed E-state index contributed by atoms with van der Waals surface area (Å²) in [5.74, 6) is -0.562. The van der Waals surface area contributed by atoms with Crippen molar-refractivity contribution in [3.05, 3.63) is 35.4 Å². The van der Waals surface area contributed by atoms with Gasteiger partial charge in [0, 0.05) is 0 Å². The molecule has 1 amide bonds. The first-order valence-corrected chi connectivity index (χ1v) is 8.27. The van der Waals surface area contributed by atoms with Crippen molar-refractivity contribution < 1.29 is 19.1 Å². The first-order valence-electron chi connectivity index (χ1n) is 7.74. The highest BCUT2D eigenvalue weighted by molar-refractivity contribution is 6.17. The van der Waals surface area contributed by atoms with Gasteiger partial charge in [-0.15, -0.1) is 0 Å². The summed E-state index contributed by atoms with van der Waals surface area (Å²) in [5.41, 5.74) is -0.678. The maximum atomic E-state index is 12.3. The second-order valence-corrected chi connectivity index (χ2v) is 7.29. The lowest BCUT2D eigenvalue weighted by Gasteiger charge is -2.33. The highest BCUT2D eigenvalue weighted by Gasteiger charge is 2.41. The minimum atomic E-state index is -1.11. The molecule has 0 heterocycles. The fraction of sp³-hybridized carbons (Fsp3) is 0.500. The van der Waals surface area contributed by atoms with Crippen LogP contribution >= 0.6 is 11.6 Å². The lowest BCUT2D eigenvalue weighted by molar-refractivity contribution is -0.153. The summed E-state index contributed by atoms with van der Waals surface area (Å²) in [6.45, 7) is 8.52. The Hall–Kier alpha value is -2.26. The third kappa shape index (κ3) is 5.95. The van der Waals surface area contributed by atoms with E-state index in [0.717, 1.165) is 0 Å². The van der Waals surface area contributed by atoms with Crippen molar-refractivity contribution in [1.82, 2.24) is 5.32 Å². The molecule has 0 saturated heterocycles. The predicted octanol–water partition coefficient (Wildman–Crippen LogP) is 3.89. The smallest absolute Gasteiger partial charge is 0.408 e. The second kappa shape index (κ2) is 8.21. The molecule has 0 spiro atoms. The van der Waals surface area contributed by atoms with Gasteiger partial charge in [0.2, 0.25) is 0 Å². The molecular weight excluding hydrogens is 344 g/mol. The molecule has 0 bridgehead atoms. The Morgan fingerprint density at radius 3 is 2.20 bits per heavy atom. The second-order valence-electron chi connectivity index (χ2n) is 7.08. The molecule has 1 rings (SSSR count). The number of hydrogen-bond donors (Lipinski definition) is 1. The van der Waals surface area contributed by atoms with Gasteiger partial charge in [0.1, 0.15) is 5.60 Å². The summed E-state index contributed by atoms with van der Waals surface area (Å²) >= 11 is 5.49. The topological polar surface area (TPSA) is 88.4 Å². The van der Waals surface area contributed by atoms with Gasteiger partial charge in [0.05, 0.1) is 23.1 Å². The van der Waals surface area contributed by atoms with E-state index in [1.54, 1.807) is 58.9 Å². The Kier molecular flexibility index (Phi) is 6.83. The van der Waals surface area contributed by atoms with Gasteiger partial charge in [-0.25, -0.2) is 4.79 Å². The number of carbonyl (C=O) groups is 2. The van der Waals surface area contributed by atoms with Crippen LogP contribution in [0.1, 0.15) is 51.8 Å². The molecule has 1 N–H and O–H groups in total. The Balaban J connectivity index is 3.19. The van der Waals surface area contributed by atoms with Crippen molar-refractivity contribution in [3.8, 4) is 6.07 Å². The minimum Gasteiger partial charge on any atom is -0.449 e. The highest BCUT2D eigenvalue weighted by Crippen LogP contribution is 2.35. The molecule has 0 aliphatic heterocycles. The number of amides is 1. The van der Waals surface area contributed by atoms with Gasteiger partial charge in [0.15, 0.2) is 6.07 Å². The van der Waals surface area contributed by atoms with E-state index in [9.17, 15) is 9.59 Å². The molecule has 0 radical (unpaired) electrons. The number of nitriles is 1. The molecule has 0 aliphatic rings. The van der Waals surface area contributed by atoms with Crippen LogP contribution in [0, 0.1) is 16.7 Å². The van der Waals surface area contributed by atoms with E-state index in [1.807, 2.05) is 6.07 Å². The van der Waals surface area contributed by atoms with Crippen LogP contribution < -0.4 is 5.32 Å². The molecule has 25 heavy (non-hydrogen) atoms. The third-order valence-electron chi connectivity index (χ3n) is 3.47. The van der Waals surface area contributed by atoms with Gasteiger partial charge < -0.3 is 14.8 Å². The molecule has 1 aromatic rings. The molecule has 7 heteroatoms. The van der Waals surface area contributed by atoms with Crippen molar-refractivity contribution in [2.24, 2.45) is 5.41 Å². The number of rotatable bonds is 5. The number of halogens is 1. The van der Waals surface area contributed by atoms with E-state index < -0.39 is 29.1 Å². The zero-order chi connectivity index (χ0) is 19.3. The van der Waals surface area contributed by atoms with Crippen LogP contribution in [0.25, 0.3) is 0 Å². The maximum Gasteiger partial charge on any atom is 0.408 e. The van der Waals surface area contributed by atoms with E-state index in [1.165, 1.54) is 0 Å². The lowest BCUT2D eigenvalue weighted by Crippen LogP contribution is -2.44. The van der Waals surface area contributed by atoms with Gasteiger partial charge in [-0.1, -0.05) is 23.7 Å². The van der Waals surface area contributed by atoms with E-state index in [2.05, 4.69) is 5.32 Å². The van der Waals surface area contributed by atoms with E-state index in [0.29, 0.717) is 11.1 Å². The molecule has 1 atom stereocenters. The van der Waals surface area contributed by atoms with Gasteiger partial charge >= 0.3 is 12.1 Å². The van der Waals surface area contributed by atoms with Crippen LogP contribution in [-0.2, 0) is 14.3 Å². The molecule has 0 saturated carbocycles. The summed E-state index contributed by atoms with van der Waals surface area (Å²) in [4.78, 5) is 24.5. The Morgan fingerprint density at radius 1 is 1.20 bits per heavy atom. The number of carbonyl (C=O) groups excluding carboxylic acids is 2. The fourth-order valence-electron chi connectivity index (χ4n) is 2.21. The van der Waals surface area contributed by atoms with Crippen LogP contribution in [-0.4, -0.2) is 23.7 Å². The molecule has 1 aromatic carbocycles. The molecule has 0 aliphatic carbocycles. The largest absolute Gasteiger partial charge is 0.449 e. The highest BCUT2D eigenvalue weighted by atomic mass is 35.5. The first-order chi connectivity index (χ1) is 11.5. The Labute approximate surface area is 153 Å². The summed E-state index contributed by atoms with van der Waals surface area (Å²) in [5, 5.41) is 11.6. The van der Waals surface area contributed by atoms with E-state index in [4.69, 9.17) is 26.3 Å². The van der Waals surface area contributed by atoms with Crippen molar-refractivity contribution >= 4 is 23.7 Å². The van der Waals surface area contributed by atoms with Crippen LogP contribution in [0.5, 0.6) is 0 Å². The number of ether oxygens (including phenoxy) is 2. The normalized spacial score (nSPS) is 12.7. The quantitative estimate of drug-likeness (QED) is 0.630. The summed E-state index contributed by atoms with van der Waals surface area (Å²) in [7, 11) is 0. The molecule has 0 aromatic heterocycles. The summed E-state index contributed by atoms with van der Waals surface area (Å²) in [6, 6.07) is 7.59. The summed E-state index contributed by atoms with van der Waals surface area (Å²) < 4.78 is 10.2. The van der Waals surface area contributed by atoms with E-state index >= 15 is 0 Å². The predicted molar refractivity (Wildman–Crippen MR) is 93.9 cm³/mol. The maximum absolute atomic E-state index is 12.3. The van der Waals surface area contributed by atoms with Crippen LogP contribution in [0.3, 0.4) is 0 Å². The summed E-state index contributed by atoms with van der Waals surface area (Å²) in [6.07, 6.45) is -0.659. The third-order valence-corrected chi connectivity index (χ3v) is 3.58. The SMILES string of the molecule is CC(C)(C)OC(=O)NC(c1ccc(C#N)cc1)C(C)(C)C(=O)OCCl. The molecular formula is C18H23ClN2O4. The number of benzene rings is 1. The standard InChI is InChI=1S/C18H23ClN2O4/c1-17(2,3)25-16(23)21-14(18(4,5)15(22)24-11-19)13-8-6-12(10-20)7-9-13/h6-9,14H,11H2,1-5H3,(H,21,23). The van der Waals surface area contributed by atoms with E-state index in [-0.39, 0.29) is 6.07 Å². The molecule has 0 fully saturated rings. The number of nitrogens with one attached hydrogen (secondary N) is 1. The van der Waals surface area contributed by atoms with Gasteiger partial charge in [-0.05, 0) is 52.3 Å². The number of nitrogens with zero attached hydrogens (tertiary/aromatic N) is 1.